The smallest absolute Gasteiger partial charge is 0.326 e. The fourth-order valence-corrected chi connectivity index (χ4v) is 3.47. The Kier molecular flexibility index (Phi) is 6.80. The van der Waals surface area contributed by atoms with Gasteiger partial charge in [-0.15, -0.1) is 0 Å². The van der Waals surface area contributed by atoms with Crippen molar-refractivity contribution in [2.75, 3.05) is 0 Å². The number of hydrogen-bond acceptors (Lipinski definition) is 3. The third kappa shape index (κ3) is 5.44. The number of nitrogens with one attached hydrogen (secondary N) is 2. The van der Waals surface area contributed by atoms with Gasteiger partial charge in [-0.3, -0.25) is 9.59 Å². The first-order valence-corrected chi connectivity index (χ1v) is 9.75. The van der Waals surface area contributed by atoms with Gasteiger partial charge < -0.3 is 15.7 Å². The number of rotatable bonds is 8. The summed E-state index contributed by atoms with van der Waals surface area (Å²) in [5.41, 5.74) is 1.70. The number of fused-ring (bicyclic) bond motifs is 1. The van der Waals surface area contributed by atoms with Crippen LogP contribution in [-0.2, 0) is 27.2 Å². The number of carboxylic acids is 1. The van der Waals surface area contributed by atoms with Crippen molar-refractivity contribution in [1.29, 1.82) is 0 Å². The lowest BCUT2D eigenvalue weighted by molar-refractivity contribution is -0.142. The molecular formula is C24H24N2O4. The molecule has 3 rings (SSSR count). The van der Waals surface area contributed by atoms with Crippen LogP contribution in [0.15, 0.2) is 72.8 Å². The van der Waals surface area contributed by atoms with Crippen molar-refractivity contribution < 1.29 is 19.5 Å². The van der Waals surface area contributed by atoms with E-state index in [1.807, 2.05) is 72.8 Å². The van der Waals surface area contributed by atoms with Crippen molar-refractivity contribution >= 4 is 28.6 Å². The maximum Gasteiger partial charge on any atom is 0.326 e. The predicted molar refractivity (Wildman–Crippen MR) is 115 cm³/mol. The van der Waals surface area contributed by atoms with Gasteiger partial charge in [0.2, 0.25) is 11.8 Å². The molecule has 0 saturated heterocycles. The molecule has 0 unspecified atom stereocenters. The van der Waals surface area contributed by atoms with E-state index in [2.05, 4.69) is 10.6 Å². The monoisotopic (exact) mass is 404 g/mol. The Morgan fingerprint density at radius 2 is 1.47 bits per heavy atom. The Balaban J connectivity index is 1.79. The lowest BCUT2D eigenvalue weighted by Gasteiger charge is -2.21. The molecule has 154 valence electrons. The van der Waals surface area contributed by atoms with E-state index >= 15 is 0 Å². The van der Waals surface area contributed by atoms with E-state index in [4.69, 9.17) is 0 Å². The molecule has 0 bridgehead atoms. The number of benzene rings is 3. The fourth-order valence-electron chi connectivity index (χ4n) is 3.47. The third-order valence-corrected chi connectivity index (χ3v) is 4.90. The van der Waals surface area contributed by atoms with E-state index < -0.39 is 24.0 Å². The average molecular weight is 404 g/mol. The van der Waals surface area contributed by atoms with E-state index in [0.29, 0.717) is 0 Å². The summed E-state index contributed by atoms with van der Waals surface area (Å²) < 4.78 is 0. The van der Waals surface area contributed by atoms with Crippen LogP contribution >= 0.6 is 0 Å². The normalized spacial score (nSPS) is 12.7. The lowest BCUT2D eigenvalue weighted by atomic mass is 9.98. The maximum absolute atomic E-state index is 12.9. The van der Waals surface area contributed by atoms with Crippen LogP contribution in [0.5, 0.6) is 0 Å². The van der Waals surface area contributed by atoms with Gasteiger partial charge in [-0.05, 0) is 21.9 Å². The highest BCUT2D eigenvalue weighted by Crippen LogP contribution is 2.20. The molecule has 0 fully saturated rings. The van der Waals surface area contributed by atoms with E-state index in [-0.39, 0.29) is 18.7 Å². The third-order valence-electron chi connectivity index (χ3n) is 4.90. The van der Waals surface area contributed by atoms with Gasteiger partial charge in [0.05, 0.1) is 0 Å². The molecule has 0 aliphatic heterocycles. The fraction of sp³-hybridized carbons (Fsp3) is 0.208. The van der Waals surface area contributed by atoms with Crippen LogP contribution < -0.4 is 10.6 Å². The van der Waals surface area contributed by atoms with Gasteiger partial charge in [-0.1, -0.05) is 72.8 Å². The first-order valence-electron chi connectivity index (χ1n) is 9.75. The van der Waals surface area contributed by atoms with E-state index in [0.717, 1.165) is 21.9 Å². The number of carbonyl (C=O) groups is 3. The summed E-state index contributed by atoms with van der Waals surface area (Å²) in [6.45, 7) is 1.33. The molecule has 3 aromatic rings. The second-order valence-electron chi connectivity index (χ2n) is 7.18. The molecule has 0 aromatic heterocycles. The van der Waals surface area contributed by atoms with Gasteiger partial charge in [-0.2, -0.15) is 0 Å². The van der Waals surface area contributed by atoms with E-state index in [1.165, 1.54) is 6.92 Å². The summed E-state index contributed by atoms with van der Waals surface area (Å²) in [5.74, 6) is -2.01. The van der Waals surface area contributed by atoms with Crippen LogP contribution in [0.1, 0.15) is 18.1 Å². The minimum atomic E-state index is -1.13. The maximum atomic E-state index is 12.9. The number of hydrogen-bond donors (Lipinski definition) is 3. The number of carbonyl (C=O) groups excluding carboxylic acids is 2. The highest BCUT2D eigenvalue weighted by atomic mass is 16.4. The topological polar surface area (TPSA) is 95.5 Å². The van der Waals surface area contributed by atoms with E-state index in [9.17, 15) is 19.5 Å². The van der Waals surface area contributed by atoms with Crippen LogP contribution in [0.25, 0.3) is 10.8 Å². The average Bonchev–Trinajstić information content (AvgIpc) is 2.73. The van der Waals surface area contributed by atoms with Crippen LogP contribution in [0.3, 0.4) is 0 Å². The highest BCUT2D eigenvalue weighted by molar-refractivity contribution is 5.91. The minimum absolute atomic E-state index is 0.139. The summed E-state index contributed by atoms with van der Waals surface area (Å²) in [5, 5.41) is 16.9. The Labute approximate surface area is 174 Å². The molecule has 0 radical (unpaired) electrons. The van der Waals surface area contributed by atoms with Gasteiger partial charge in [0.15, 0.2) is 0 Å². The number of aliphatic carboxylic acids is 1. The first-order chi connectivity index (χ1) is 14.4. The van der Waals surface area contributed by atoms with Crippen molar-refractivity contribution in [3.05, 3.63) is 83.9 Å². The molecule has 0 aliphatic rings. The minimum Gasteiger partial charge on any atom is -0.480 e. The standard InChI is InChI=1S/C24H24N2O4/c1-16(27)25-21(14-17-8-3-2-4-9-17)23(28)26-22(24(29)30)15-19-12-7-11-18-10-5-6-13-20(18)19/h2-13,21-22H,14-15H2,1H3,(H,25,27)(H,26,28)(H,29,30)/t21-,22-/m0/s1. The van der Waals surface area contributed by atoms with Gasteiger partial charge in [0.1, 0.15) is 12.1 Å². The molecular weight excluding hydrogens is 380 g/mol. The van der Waals surface area contributed by atoms with Gasteiger partial charge in [-0.25, -0.2) is 4.79 Å². The molecule has 0 heterocycles. The molecule has 6 nitrogen and oxygen atoms in total. The van der Waals surface area contributed by atoms with Crippen LogP contribution in [-0.4, -0.2) is 35.0 Å². The summed E-state index contributed by atoms with van der Waals surface area (Å²) in [7, 11) is 0. The van der Waals surface area contributed by atoms with Gasteiger partial charge in [0.25, 0.3) is 0 Å². The number of amides is 2. The van der Waals surface area contributed by atoms with Crippen molar-refractivity contribution in [1.82, 2.24) is 10.6 Å². The zero-order valence-corrected chi connectivity index (χ0v) is 16.7. The largest absolute Gasteiger partial charge is 0.480 e. The molecule has 0 aliphatic carbocycles. The zero-order valence-electron chi connectivity index (χ0n) is 16.7. The lowest BCUT2D eigenvalue weighted by Crippen LogP contribution is -2.52. The van der Waals surface area contributed by atoms with Crippen molar-refractivity contribution in [2.45, 2.75) is 31.8 Å². The summed E-state index contributed by atoms with van der Waals surface area (Å²) >= 11 is 0. The molecule has 2 amide bonds. The van der Waals surface area contributed by atoms with Crippen molar-refractivity contribution in [2.24, 2.45) is 0 Å². The highest BCUT2D eigenvalue weighted by Gasteiger charge is 2.26. The molecule has 30 heavy (non-hydrogen) atoms. The Hall–Kier alpha value is -3.67. The molecule has 3 aromatic carbocycles. The Morgan fingerprint density at radius 3 is 2.17 bits per heavy atom. The van der Waals surface area contributed by atoms with Gasteiger partial charge >= 0.3 is 5.97 Å². The predicted octanol–water partition coefficient (Wildman–Crippen LogP) is 2.70. The van der Waals surface area contributed by atoms with Crippen LogP contribution in [0.2, 0.25) is 0 Å². The molecule has 6 heteroatoms. The van der Waals surface area contributed by atoms with E-state index in [1.54, 1.807) is 0 Å². The first kappa shape index (κ1) is 21.0. The van der Waals surface area contributed by atoms with Crippen LogP contribution in [0, 0.1) is 0 Å². The quantitative estimate of drug-likeness (QED) is 0.538. The molecule has 0 saturated carbocycles. The summed E-state index contributed by atoms with van der Waals surface area (Å²) in [4.78, 5) is 36.3. The second-order valence-corrected chi connectivity index (χ2v) is 7.18. The molecule has 2 atom stereocenters. The van der Waals surface area contributed by atoms with Crippen LogP contribution in [0.4, 0.5) is 0 Å². The van der Waals surface area contributed by atoms with Gasteiger partial charge in [0, 0.05) is 19.8 Å². The van der Waals surface area contributed by atoms with Crippen molar-refractivity contribution in [3.63, 3.8) is 0 Å². The Bertz CT molecular complexity index is 1040. The zero-order chi connectivity index (χ0) is 21.5. The molecule has 3 N–H and O–H groups in total. The summed E-state index contributed by atoms with van der Waals surface area (Å²) in [6.07, 6.45) is 0.410. The van der Waals surface area contributed by atoms with Crippen molar-refractivity contribution in [3.8, 4) is 0 Å². The SMILES string of the molecule is CC(=O)N[C@@H](Cc1ccccc1)C(=O)N[C@@H](Cc1cccc2ccccc12)C(=O)O. The second kappa shape index (κ2) is 9.69. The summed E-state index contributed by atoms with van der Waals surface area (Å²) in [6, 6.07) is 20.7. The molecule has 0 spiro atoms. The number of carboxylic acid groups (broad SMARTS) is 1. The Morgan fingerprint density at radius 1 is 0.800 bits per heavy atom.